The van der Waals surface area contributed by atoms with Crippen LogP contribution in [0, 0.1) is 11.6 Å². The zero-order valence-electron chi connectivity index (χ0n) is 14.4. The van der Waals surface area contributed by atoms with Gasteiger partial charge in [-0.25, -0.2) is 8.78 Å². The fraction of sp³-hybridized carbons (Fsp3) is 0.158. The van der Waals surface area contributed by atoms with Crippen LogP contribution in [-0.4, -0.2) is 22.7 Å². The molecule has 0 aliphatic heterocycles. The summed E-state index contributed by atoms with van der Waals surface area (Å²) in [6, 6.07) is 8.31. The van der Waals surface area contributed by atoms with Gasteiger partial charge in [0.05, 0.1) is 29.1 Å². The minimum Gasteiger partial charge on any atom is -0.492 e. The second kappa shape index (κ2) is 8.18. The topological polar surface area (TPSA) is 67.0 Å². The average molecular weight is 392 g/mol. The van der Waals surface area contributed by atoms with E-state index in [0.29, 0.717) is 28.6 Å². The molecule has 2 N–H and O–H groups in total. The van der Waals surface area contributed by atoms with Gasteiger partial charge in [-0.1, -0.05) is 17.7 Å². The Bertz CT molecular complexity index is 975. The molecule has 0 fully saturated rings. The van der Waals surface area contributed by atoms with Crippen LogP contribution in [0.15, 0.2) is 42.6 Å². The van der Waals surface area contributed by atoms with Crippen molar-refractivity contribution >= 4 is 17.5 Å². The largest absolute Gasteiger partial charge is 0.492 e. The second-order valence-electron chi connectivity index (χ2n) is 5.66. The molecule has 140 valence electrons. The number of benzene rings is 2. The Morgan fingerprint density at radius 2 is 2.07 bits per heavy atom. The van der Waals surface area contributed by atoms with Crippen LogP contribution < -0.4 is 10.1 Å². The van der Waals surface area contributed by atoms with Crippen molar-refractivity contribution in [1.29, 1.82) is 0 Å². The molecule has 3 rings (SSSR count). The van der Waals surface area contributed by atoms with Crippen molar-refractivity contribution in [2.24, 2.45) is 0 Å². The molecular formula is C19H16ClF2N3O2. The molecule has 1 aromatic heterocycles. The standard InChI is InChI=1S/C19H16ClF2N3O2/c1-2-27-17-6-4-11(7-15(17)20)18-14(10-24-25-18)19(26)23-9-12-3-5-13(21)8-16(12)22/h3-8,10H,2,9H2,1H3,(H,23,26)(H,24,25). The molecule has 0 atom stereocenters. The Morgan fingerprint density at radius 3 is 2.78 bits per heavy atom. The minimum absolute atomic E-state index is 0.0837. The van der Waals surface area contributed by atoms with Crippen LogP contribution in [0.4, 0.5) is 8.78 Å². The van der Waals surface area contributed by atoms with Crippen molar-refractivity contribution in [3.05, 3.63) is 70.4 Å². The number of H-pyrrole nitrogens is 1. The SMILES string of the molecule is CCOc1ccc(-c2[nH]ncc2C(=O)NCc2ccc(F)cc2F)cc1Cl. The van der Waals surface area contributed by atoms with E-state index in [9.17, 15) is 13.6 Å². The molecule has 2 aromatic carbocycles. The van der Waals surface area contributed by atoms with Crippen LogP contribution in [0.3, 0.4) is 0 Å². The lowest BCUT2D eigenvalue weighted by Gasteiger charge is -2.09. The molecule has 0 aliphatic carbocycles. The van der Waals surface area contributed by atoms with E-state index in [1.807, 2.05) is 6.92 Å². The summed E-state index contributed by atoms with van der Waals surface area (Å²) in [5.74, 6) is -1.30. The van der Waals surface area contributed by atoms with Crippen molar-refractivity contribution in [2.45, 2.75) is 13.5 Å². The van der Waals surface area contributed by atoms with E-state index in [2.05, 4.69) is 15.5 Å². The van der Waals surface area contributed by atoms with Gasteiger partial charge >= 0.3 is 0 Å². The molecule has 0 bridgehead atoms. The van der Waals surface area contributed by atoms with Crippen molar-refractivity contribution in [1.82, 2.24) is 15.5 Å². The molecule has 0 unspecified atom stereocenters. The van der Waals surface area contributed by atoms with Gasteiger partial charge in [-0.3, -0.25) is 9.89 Å². The quantitative estimate of drug-likeness (QED) is 0.657. The maximum atomic E-state index is 13.7. The van der Waals surface area contributed by atoms with E-state index in [1.165, 1.54) is 12.3 Å². The molecule has 27 heavy (non-hydrogen) atoms. The summed E-state index contributed by atoms with van der Waals surface area (Å²) in [6.45, 7) is 2.25. The molecule has 3 aromatic rings. The number of hydrogen-bond donors (Lipinski definition) is 2. The third kappa shape index (κ3) is 4.25. The van der Waals surface area contributed by atoms with Crippen LogP contribution in [0.25, 0.3) is 11.3 Å². The van der Waals surface area contributed by atoms with E-state index >= 15 is 0 Å². The monoisotopic (exact) mass is 391 g/mol. The number of aromatic nitrogens is 2. The summed E-state index contributed by atoms with van der Waals surface area (Å²) in [5.41, 5.74) is 1.58. The number of halogens is 3. The van der Waals surface area contributed by atoms with E-state index in [1.54, 1.807) is 18.2 Å². The minimum atomic E-state index is -0.721. The summed E-state index contributed by atoms with van der Waals surface area (Å²) in [4.78, 5) is 12.5. The lowest BCUT2D eigenvalue weighted by molar-refractivity contribution is 0.0951. The molecule has 1 heterocycles. The van der Waals surface area contributed by atoms with Gasteiger partial charge in [0.2, 0.25) is 0 Å². The molecular weight excluding hydrogens is 376 g/mol. The highest BCUT2D eigenvalue weighted by Crippen LogP contribution is 2.31. The van der Waals surface area contributed by atoms with E-state index in [4.69, 9.17) is 16.3 Å². The molecule has 8 heteroatoms. The number of rotatable bonds is 6. The molecule has 0 aliphatic rings. The number of ether oxygens (including phenoxy) is 1. The molecule has 0 saturated carbocycles. The first-order valence-electron chi connectivity index (χ1n) is 8.17. The van der Waals surface area contributed by atoms with Crippen LogP contribution >= 0.6 is 11.6 Å². The molecule has 0 radical (unpaired) electrons. The Labute approximate surface area is 159 Å². The maximum absolute atomic E-state index is 13.7. The summed E-state index contributed by atoms with van der Waals surface area (Å²) < 4.78 is 32.1. The fourth-order valence-electron chi connectivity index (χ4n) is 2.54. The predicted molar refractivity (Wildman–Crippen MR) is 97.7 cm³/mol. The highest BCUT2D eigenvalue weighted by atomic mass is 35.5. The zero-order chi connectivity index (χ0) is 19.4. The van der Waals surface area contributed by atoms with E-state index < -0.39 is 17.5 Å². The van der Waals surface area contributed by atoms with E-state index in [-0.39, 0.29) is 17.7 Å². The van der Waals surface area contributed by atoms with Crippen molar-refractivity contribution in [2.75, 3.05) is 6.61 Å². The number of nitrogens with zero attached hydrogens (tertiary/aromatic N) is 1. The Morgan fingerprint density at radius 1 is 1.26 bits per heavy atom. The first kappa shape index (κ1) is 18.8. The normalized spacial score (nSPS) is 10.7. The Kier molecular flexibility index (Phi) is 5.71. The highest BCUT2D eigenvalue weighted by molar-refractivity contribution is 6.32. The molecule has 5 nitrogen and oxygen atoms in total. The predicted octanol–water partition coefficient (Wildman–Crippen LogP) is 4.34. The summed E-state index contributed by atoms with van der Waals surface area (Å²) in [6.07, 6.45) is 1.37. The van der Waals surface area contributed by atoms with Gasteiger partial charge < -0.3 is 10.1 Å². The van der Waals surface area contributed by atoms with Gasteiger partial charge in [-0.05, 0) is 31.2 Å². The smallest absolute Gasteiger partial charge is 0.255 e. The third-order valence-corrected chi connectivity index (χ3v) is 4.15. The number of carbonyl (C=O) groups excluding carboxylic acids is 1. The Hall–Kier alpha value is -2.93. The van der Waals surface area contributed by atoms with Crippen LogP contribution in [0.1, 0.15) is 22.8 Å². The number of nitrogens with one attached hydrogen (secondary N) is 2. The molecule has 1 amide bonds. The maximum Gasteiger partial charge on any atom is 0.255 e. The lowest BCUT2D eigenvalue weighted by atomic mass is 10.1. The highest BCUT2D eigenvalue weighted by Gasteiger charge is 2.17. The second-order valence-corrected chi connectivity index (χ2v) is 6.06. The lowest BCUT2D eigenvalue weighted by Crippen LogP contribution is -2.23. The number of aromatic amines is 1. The van der Waals surface area contributed by atoms with Crippen molar-refractivity contribution < 1.29 is 18.3 Å². The van der Waals surface area contributed by atoms with Gasteiger partial charge in [-0.15, -0.1) is 0 Å². The summed E-state index contributed by atoms with van der Waals surface area (Å²) >= 11 is 6.20. The van der Waals surface area contributed by atoms with Gasteiger partial charge in [-0.2, -0.15) is 5.10 Å². The third-order valence-electron chi connectivity index (χ3n) is 3.86. The number of carbonyl (C=O) groups is 1. The van der Waals surface area contributed by atoms with Gasteiger partial charge in [0.25, 0.3) is 5.91 Å². The first-order chi connectivity index (χ1) is 13.0. The summed E-state index contributed by atoms with van der Waals surface area (Å²) in [7, 11) is 0. The van der Waals surface area contributed by atoms with Crippen molar-refractivity contribution in [3.8, 4) is 17.0 Å². The Balaban J connectivity index is 1.78. The molecule has 0 saturated heterocycles. The van der Waals surface area contributed by atoms with Crippen LogP contribution in [-0.2, 0) is 6.54 Å². The van der Waals surface area contributed by atoms with Crippen LogP contribution in [0.5, 0.6) is 5.75 Å². The van der Waals surface area contributed by atoms with Gasteiger partial charge in [0, 0.05) is 23.7 Å². The van der Waals surface area contributed by atoms with Gasteiger partial charge in [0.15, 0.2) is 0 Å². The number of amides is 1. The molecule has 0 spiro atoms. The van der Waals surface area contributed by atoms with Crippen molar-refractivity contribution in [3.63, 3.8) is 0 Å². The fourth-order valence-corrected chi connectivity index (χ4v) is 2.78. The van der Waals surface area contributed by atoms with Gasteiger partial charge in [0.1, 0.15) is 17.4 Å². The average Bonchev–Trinajstić information content (AvgIpc) is 3.12. The first-order valence-corrected chi connectivity index (χ1v) is 8.55. The van der Waals surface area contributed by atoms with Crippen LogP contribution in [0.2, 0.25) is 5.02 Å². The summed E-state index contributed by atoms with van der Waals surface area (Å²) in [5, 5.41) is 9.68. The van der Waals surface area contributed by atoms with E-state index in [0.717, 1.165) is 12.1 Å². The zero-order valence-corrected chi connectivity index (χ0v) is 15.1. The number of hydrogen-bond acceptors (Lipinski definition) is 3.